The van der Waals surface area contributed by atoms with E-state index in [4.69, 9.17) is 0 Å². The summed E-state index contributed by atoms with van der Waals surface area (Å²) in [4.78, 5) is 5.25. The third-order valence-corrected chi connectivity index (χ3v) is 2.80. The molecule has 1 rings (SSSR count). The molecule has 0 saturated carbocycles. The molecular weight excluding hydrogens is 257 g/mol. The Labute approximate surface area is 111 Å². The minimum Gasteiger partial charge on any atom is -0.387 e. The predicted octanol–water partition coefficient (Wildman–Crippen LogP) is 3.30. The second kappa shape index (κ2) is 6.23. The Balaban J connectivity index is 2.92. The molecule has 0 saturated heterocycles. The molecule has 0 aliphatic heterocycles. The van der Waals surface area contributed by atoms with Crippen LogP contribution in [0.2, 0.25) is 0 Å². The van der Waals surface area contributed by atoms with Crippen LogP contribution in [0.15, 0.2) is 18.3 Å². The van der Waals surface area contributed by atoms with Crippen LogP contribution in [0.25, 0.3) is 0 Å². The smallest absolute Gasteiger partial charge is 0.387 e. The van der Waals surface area contributed by atoms with Crippen LogP contribution in [0.4, 0.5) is 18.9 Å². The van der Waals surface area contributed by atoms with Crippen molar-refractivity contribution in [1.82, 2.24) is 4.98 Å². The topological polar surface area (TPSA) is 36.4 Å². The third kappa shape index (κ3) is 4.70. The third-order valence-electron chi connectivity index (χ3n) is 2.80. The van der Waals surface area contributed by atoms with E-state index in [2.05, 4.69) is 4.98 Å². The van der Waals surface area contributed by atoms with E-state index < -0.39 is 18.8 Å². The first-order chi connectivity index (χ1) is 8.74. The molecule has 0 fully saturated rings. The first-order valence-corrected chi connectivity index (χ1v) is 6.22. The Kier molecular flexibility index (Phi) is 5.17. The fourth-order valence-electron chi connectivity index (χ4n) is 1.74. The van der Waals surface area contributed by atoms with E-state index in [0.29, 0.717) is 17.8 Å². The van der Waals surface area contributed by atoms with Gasteiger partial charge >= 0.3 is 6.18 Å². The first-order valence-electron chi connectivity index (χ1n) is 6.22. The molecular formula is C13H19F3N2O. The highest BCUT2D eigenvalue weighted by Crippen LogP contribution is 2.24. The zero-order valence-corrected chi connectivity index (χ0v) is 11.3. The number of aliphatic hydroxyl groups excluding tert-OH is 1. The van der Waals surface area contributed by atoms with Gasteiger partial charge in [-0.2, -0.15) is 13.2 Å². The Bertz CT molecular complexity index is 390. The van der Waals surface area contributed by atoms with Gasteiger partial charge in [-0.15, -0.1) is 0 Å². The summed E-state index contributed by atoms with van der Waals surface area (Å²) in [6.45, 7) is 4.19. The number of hydrogen-bond acceptors (Lipinski definition) is 3. The zero-order valence-electron chi connectivity index (χ0n) is 11.3. The number of hydrogen-bond donors (Lipinski definition) is 1. The van der Waals surface area contributed by atoms with Gasteiger partial charge in [-0.1, -0.05) is 6.92 Å². The van der Waals surface area contributed by atoms with Gasteiger partial charge in [-0.3, -0.25) is 4.98 Å². The molecule has 0 radical (unpaired) electrons. The number of rotatable bonds is 5. The van der Waals surface area contributed by atoms with Crippen molar-refractivity contribution in [2.24, 2.45) is 0 Å². The lowest BCUT2D eigenvalue weighted by atomic mass is 10.1. The average Bonchev–Trinajstić information content (AvgIpc) is 2.34. The molecule has 1 aromatic heterocycles. The molecule has 6 heteroatoms. The molecule has 0 amide bonds. The monoisotopic (exact) mass is 276 g/mol. The molecule has 1 heterocycles. The molecule has 0 aromatic carbocycles. The maximum Gasteiger partial charge on any atom is 0.405 e. The highest BCUT2D eigenvalue weighted by Gasteiger charge is 2.32. The van der Waals surface area contributed by atoms with Gasteiger partial charge in [0.15, 0.2) is 0 Å². The van der Waals surface area contributed by atoms with E-state index >= 15 is 0 Å². The van der Waals surface area contributed by atoms with Gasteiger partial charge in [0.1, 0.15) is 6.54 Å². The lowest BCUT2D eigenvalue weighted by Gasteiger charge is -2.29. The number of anilines is 1. The number of alkyl halides is 3. The van der Waals surface area contributed by atoms with Gasteiger partial charge in [0.25, 0.3) is 0 Å². The molecule has 1 aromatic rings. The van der Waals surface area contributed by atoms with Crippen molar-refractivity contribution in [3.8, 4) is 0 Å². The van der Waals surface area contributed by atoms with Crippen LogP contribution in [0.5, 0.6) is 0 Å². The number of aromatic nitrogens is 1. The maximum absolute atomic E-state index is 12.5. The van der Waals surface area contributed by atoms with Crippen molar-refractivity contribution in [2.45, 2.75) is 45.5 Å². The van der Waals surface area contributed by atoms with Crippen LogP contribution in [0, 0.1) is 0 Å². The molecule has 1 N–H and O–H groups in total. The Morgan fingerprint density at radius 1 is 1.32 bits per heavy atom. The molecule has 1 atom stereocenters. The van der Waals surface area contributed by atoms with Crippen molar-refractivity contribution in [2.75, 3.05) is 11.4 Å². The minimum absolute atomic E-state index is 0.287. The molecule has 3 nitrogen and oxygen atoms in total. The summed E-state index contributed by atoms with van der Waals surface area (Å²) in [5, 5.41) is 9.60. The number of pyridine rings is 1. The van der Waals surface area contributed by atoms with E-state index in [1.54, 1.807) is 26.0 Å². The molecule has 1 unspecified atom stereocenters. The van der Waals surface area contributed by atoms with Crippen LogP contribution < -0.4 is 4.90 Å². The Hall–Kier alpha value is -1.30. The second-order valence-electron chi connectivity index (χ2n) is 4.70. The summed E-state index contributed by atoms with van der Waals surface area (Å²) in [5.74, 6) is 0. The van der Waals surface area contributed by atoms with E-state index in [9.17, 15) is 18.3 Å². The van der Waals surface area contributed by atoms with Crippen LogP contribution >= 0.6 is 0 Å². The summed E-state index contributed by atoms with van der Waals surface area (Å²) in [6, 6.07) is 2.84. The summed E-state index contributed by atoms with van der Waals surface area (Å²) >= 11 is 0. The molecule has 0 bridgehead atoms. The van der Waals surface area contributed by atoms with Crippen molar-refractivity contribution >= 4 is 5.69 Å². The fourth-order valence-corrected chi connectivity index (χ4v) is 1.74. The highest BCUT2D eigenvalue weighted by molar-refractivity contribution is 5.45. The normalized spacial score (nSPS) is 13.7. The van der Waals surface area contributed by atoms with E-state index in [0.717, 1.165) is 0 Å². The van der Waals surface area contributed by atoms with Gasteiger partial charge in [0.2, 0.25) is 0 Å². The summed E-state index contributed by atoms with van der Waals surface area (Å²) in [7, 11) is 0. The van der Waals surface area contributed by atoms with Crippen molar-refractivity contribution < 1.29 is 18.3 Å². The largest absolute Gasteiger partial charge is 0.405 e. The lowest BCUT2D eigenvalue weighted by molar-refractivity contribution is -0.120. The van der Waals surface area contributed by atoms with Gasteiger partial charge in [-0.05, 0) is 32.4 Å². The van der Waals surface area contributed by atoms with Crippen molar-refractivity contribution in [1.29, 1.82) is 0 Å². The first kappa shape index (κ1) is 15.8. The Morgan fingerprint density at radius 3 is 2.32 bits per heavy atom. The maximum atomic E-state index is 12.5. The van der Waals surface area contributed by atoms with Crippen molar-refractivity contribution in [3.63, 3.8) is 0 Å². The van der Waals surface area contributed by atoms with Gasteiger partial charge < -0.3 is 10.0 Å². The molecule has 19 heavy (non-hydrogen) atoms. The van der Waals surface area contributed by atoms with Crippen LogP contribution in [-0.2, 0) is 0 Å². The predicted molar refractivity (Wildman–Crippen MR) is 68.0 cm³/mol. The lowest BCUT2D eigenvalue weighted by Crippen LogP contribution is -2.39. The standard InChI is InChI=1S/C13H19F3N2O/c1-4-12(19)11-6-5-10(7-17-11)18(9(2)3)8-13(14,15)16/h5-7,9,12,19H,4,8H2,1-3H3. The average molecular weight is 276 g/mol. The SMILES string of the molecule is CCC(O)c1ccc(N(CC(F)(F)F)C(C)C)cn1. The van der Waals surface area contributed by atoms with E-state index in [-0.39, 0.29) is 6.04 Å². The van der Waals surface area contributed by atoms with Gasteiger partial charge in [0, 0.05) is 6.04 Å². The molecule has 108 valence electrons. The Morgan fingerprint density at radius 2 is 1.95 bits per heavy atom. The van der Waals surface area contributed by atoms with Crippen LogP contribution in [-0.4, -0.2) is 28.9 Å². The summed E-state index contributed by atoms with van der Waals surface area (Å²) < 4.78 is 37.5. The second-order valence-corrected chi connectivity index (χ2v) is 4.70. The summed E-state index contributed by atoms with van der Waals surface area (Å²) in [6.07, 6.45) is -3.04. The zero-order chi connectivity index (χ0) is 14.6. The van der Waals surface area contributed by atoms with E-state index in [1.807, 2.05) is 6.92 Å². The fraction of sp³-hybridized carbons (Fsp3) is 0.615. The molecule has 0 aliphatic carbocycles. The quantitative estimate of drug-likeness (QED) is 0.896. The van der Waals surface area contributed by atoms with E-state index in [1.165, 1.54) is 11.1 Å². The molecule has 0 spiro atoms. The minimum atomic E-state index is -4.26. The number of nitrogens with zero attached hydrogens (tertiary/aromatic N) is 2. The molecule has 0 aliphatic rings. The van der Waals surface area contributed by atoms with Gasteiger partial charge in [0.05, 0.1) is 23.7 Å². The van der Waals surface area contributed by atoms with Gasteiger partial charge in [-0.25, -0.2) is 0 Å². The van der Waals surface area contributed by atoms with Crippen molar-refractivity contribution in [3.05, 3.63) is 24.0 Å². The summed E-state index contributed by atoms with van der Waals surface area (Å²) in [5.41, 5.74) is 0.876. The number of halogens is 3. The van der Waals surface area contributed by atoms with Crippen LogP contribution in [0.3, 0.4) is 0 Å². The number of aliphatic hydroxyl groups is 1. The highest BCUT2D eigenvalue weighted by atomic mass is 19.4. The van der Waals surface area contributed by atoms with Crippen LogP contribution in [0.1, 0.15) is 39.0 Å².